The number of ether oxygens (including phenoxy) is 1. The third-order valence-corrected chi connectivity index (χ3v) is 17.7. The van der Waals surface area contributed by atoms with Crippen molar-refractivity contribution in [3.63, 3.8) is 0 Å². The summed E-state index contributed by atoms with van der Waals surface area (Å²) in [5.74, 6) is 3.25. The second kappa shape index (κ2) is 58.7. The predicted molar refractivity (Wildman–Crippen MR) is 466 cm³/mol. The average molecular weight is 1520 g/mol. The molecule has 0 spiro atoms. The van der Waals surface area contributed by atoms with E-state index < -0.39 is 0 Å². The van der Waals surface area contributed by atoms with Crippen molar-refractivity contribution < 1.29 is 14.9 Å². The summed E-state index contributed by atoms with van der Waals surface area (Å²) in [4.78, 5) is 46.5. The SMILES string of the molecule is CCC(CC)c1ccccn1.CCCCOc1ccc(Cc2ccccn2)cc1.CCCc1ccccn1.CCc1ccccn1.Cc1cccc(C(C)(C)C)n1.Cn1ccnc1-c1ccccn1.OCCCc1ccccn1.OCCc1ccccn1.c1ccc(C2CCCCC2)nc1.c1ccc(Cc2ccccn2)cc1. The standard InChI is InChI=1S/C16H19NO.C12H11N.C11H15N.2C10H15N.C9H9N3.C8H11NO.C8H11N.C7H9NO.C7H9N/c1-2-3-12-18-16-9-7-14(8-10-16)13-15-6-4-5-11-17-15;1-2-6-11(7-3-1)10-12-8-4-5-9-13-12;1-2-6-10(7-3-1)11-8-4-5-9-12-11;1-8-6-5-7-9(11-8)10(2,3)4;1-3-9(4-2)10-7-5-6-8-11-10;1-12-7-6-11-9(12)8-4-2-3-5-10-8;10-7-3-5-8-4-1-2-6-9-8;1-2-5-8-6-3-4-7-9-8;9-6-4-7-3-1-2-5-8-7;1-2-7-5-3-4-6-8-7/h4-11H,2-3,12-13H2,1H3;1-9H,10H2;4-5,8-10H,1-3,6-7H2;5-7H,1-4H3;5-9H,3-4H2,1-2H3;2-7H,1H3;1-2,4,6,10H,3,5,7H2;3-4,6-7H,2,5H2,1H3;1-3,5,9H,4,6H2;3-6H,2H2,1H3. The lowest BCUT2D eigenvalue weighted by molar-refractivity contribution is 0.288. The van der Waals surface area contributed by atoms with Gasteiger partial charge >= 0.3 is 0 Å². The molecular weight excluding hydrogens is 1390 g/mol. The van der Waals surface area contributed by atoms with Gasteiger partial charge in [0.25, 0.3) is 0 Å². The van der Waals surface area contributed by atoms with Crippen molar-refractivity contribution in [2.24, 2.45) is 7.05 Å². The van der Waals surface area contributed by atoms with Gasteiger partial charge in [-0.2, -0.15) is 0 Å². The van der Waals surface area contributed by atoms with Gasteiger partial charge in [-0.3, -0.25) is 49.8 Å². The van der Waals surface area contributed by atoms with Gasteiger partial charge < -0.3 is 19.5 Å². The second-order valence-corrected chi connectivity index (χ2v) is 27.9. The van der Waals surface area contributed by atoms with Crippen molar-refractivity contribution in [2.45, 2.75) is 189 Å². The number of hydrogen-bond acceptors (Lipinski definition) is 14. The summed E-state index contributed by atoms with van der Waals surface area (Å²) in [6, 6.07) is 78.5. The number of aliphatic hydroxyl groups excluding tert-OH is 2. The molecule has 1 aliphatic carbocycles. The average Bonchev–Trinajstić information content (AvgIpc) is 1.32. The smallest absolute Gasteiger partial charge is 0.158 e. The minimum atomic E-state index is 0.173. The number of aryl methyl sites for hydroxylation is 5. The van der Waals surface area contributed by atoms with Crippen LogP contribution in [-0.4, -0.2) is 89.4 Å². The first-order valence-electron chi connectivity index (χ1n) is 40.3. The summed E-state index contributed by atoms with van der Waals surface area (Å²) < 4.78 is 7.58. The van der Waals surface area contributed by atoms with E-state index in [9.17, 15) is 0 Å². The van der Waals surface area contributed by atoms with Crippen LogP contribution in [0.15, 0.2) is 305 Å². The minimum Gasteiger partial charge on any atom is -0.494 e. The first-order valence-corrected chi connectivity index (χ1v) is 40.3. The van der Waals surface area contributed by atoms with E-state index in [1.54, 1.807) is 24.8 Å². The molecule has 1 fully saturated rings. The predicted octanol–water partition coefficient (Wildman–Crippen LogP) is 22.1. The van der Waals surface area contributed by atoms with Crippen LogP contribution in [0.2, 0.25) is 0 Å². The Morgan fingerprint density at radius 1 is 0.416 bits per heavy atom. The fraction of sp³-hybridized carbons (Fsp3) is 0.337. The Kier molecular flexibility index (Phi) is 48.1. The maximum absolute atomic E-state index is 8.50. The molecule has 15 heteroatoms. The summed E-state index contributed by atoms with van der Waals surface area (Å²) in [5.41, 5.74) is 15.0. The topological polar surface area (TPSA) is 196 Å². The Hall–Kier alpha value is -11.1. The number of imidazole rings is 1. The van der Waals surface area contributed by atoms with Crippen molar-refractivity contribution in [1.82, 2.24) is 59.4 Å². The normalized spacial score (nSPS) is 11.1. The number of nitrogens with zero attached hydrogens (tertiary/aromatic N) is 12. The zero-order valence-corrected chi connectivity index (χ0v) is 68.8. The van der Waals surface area contributed by atoms with Crippen molar-refractivity contribution >= 4 is 0 Å². The molecule has 1 aliphatic rings. The Bertz CT molecular complexity index is 4240. The van der Waals surface area contributed by atoms with Crippen LogP contribution in [0.25, 0.3) is 11.5 Å². The zero-order valence-electron chi connectivity index (χ0n) is 68.8. The molecule has 113 heavy (non-hydrogen) atoms. The van der Waals surface area contributed by atoms with E-state index in [0.29, 0.717) is 12.3 Å². The highest BCUT2D eigenvalue weighted by molar-refractivity contribution is 5.48. The van der Waals surface area contributed by atoms with Crippen LogP contribution in [-0.2, 0) is 51.0 Å². The molecule has 13 aromatic rings. The Morgan fingerprint density at radius 2 is 0.894 bits per heavy atom. The van der Waals surface area contributed by atoms with Crippen LogP contribution in [0.4, 0.5) is 0 Å². The summed E-state index contributed by atoms with van der Waals surface area (Å²) in [6.45, 7) is 20.6. The van der Waals surface area contributed by atoms with E-state index in [-0.39, 0.29) is 18.6 Å². The van der Waals surface area contributed by atoms with E-state index in [2.05, 4.69) is 189 Å². The van der Waals surface area contributed by atoms with Gasteiger partial charge in [0.15, 0.2) is 5.82 Å². The molecule has 1 saturated carbocycles. The number of aromatic nitrogens is 12. The molecule has 0 saturated heterocycles. The molecular formula is C98H124N12O3. The third kappa shape index (κ3) is 41.6. The van der Waals surface area contributed by atoms with Crippen LogP contribution in [0, 0.1) is 6.92 Å². The molecule has 2 aromatic carbocycles. The van der Waals surface area contributed by atoms with E-state index in [4.69, 9.17) is 14.9 Å². The Balaban J connectivity index is 0.000000226. The molecule has 0 radical (unpaired) electrons. The van der Waals surface area contributed by atoms with Crippen molar-refractivity contribution in [2.75, 3.05) is 19.8 Å². The van der Waals surface area contributed by atoms with E-state index in [1.807, 2.05) is 220 Å². The highest BCUT2D eigenvalue weighted by Crippen LogP contribution is 2.31. The number of pyridine rings is 10. The maximum Gasteiger partial charge on any atom is 0.158 e. The third-order valence-electron chi connectivity index (χ3n) is 17.7. The van der Waals surface area contributed by atoms with Crippen LogP contribution in [0.1, 0.15) is 206 Å². The van der Waals surface area contributed by atoms with Crippen molar-refractivity contribution in [3.05, 3.63) is 373 Å². The number of hydrogen-bond donors (Lipinski definition) is 2. The van der Waals surface area contributed by atoms with Gasteiger partial charge in [-0.25, -0.2) is 4.98 Å². The monoisotopic (exact) mass is 1520 g/mol. The van der Waals surface area contributed by atoms with Crippen molar-refractivity contribution in [3.8, 4) is 17.3 Å². The summed E-state index contributed by atoms with van der Waals surface area (Å²) >= 11 is 0. The van der Waals surface area contributed by atoms with Crippen LogP contribution in [0.3, 0.4) is 0 Å². The molecule has 0 aliphatic heterocycles. The lowest BCUT2D eigenvalue weighted by Gasteiger charge is -2.20. The first-order chi connectivity index (χ1) is 55.3. The Labute approximate surface area is 676 Å². The molecule has 15 nitrogen and oxygen atoms in total. The molecule has 11 heterocycles. The molecule has 594 valence electrons. The molecule has 0 amide bonds. The summed E-state index contributed by atoms with van der Waals surface area (Å²) in [7, 11) is 1.96. The highest BCUT2D eigenvalue weighted by atomic mass is 16.5. The molecule has 14 rings (SSSR count). The quantitative estimate of drug-likeness (QED) is 0.0645. The minimum absolute atomic E-state index is 0.173. The second-order valence-electron chi connectivity index (χ2n) is 27.9. The van der Waals surface area contributed by atoms with Crippen LogP contribution in [0.5, 0.6) is 5.75 Å². The molecule has 0 unspecified atom stereocenters. The number of aliphatic hydroxyl groups is 2. The van der Waals surface area contributed by atoms with Crippen molar-refractivity contribution in [1.29, 1.82) is 0 Å². The van der Waals surface area contributed by atoms with Crippen LogP contribution >= 0.6 is 0 Å². The highest BCUT2D eigenvalue weighted by Gasteiger charge is 2.16. The summed E-state index contributed by atoms with van der Waals surface area (Å²) in [6.07, 6.45) is 39.0. The van der Waals surface area contributed by atoms with Gasteiger partial charge in [-0.05, 0) is 209 Å². The van der Waals surface area contributed by atoms with Gasteiger partial charge in [-0.1, -0.05) is 191 Å². The fourth-order valence-corrected chi connectivity index (χ4v) is 11.3. The molecule has 0 bridgehead atoms. The van der Waals surface area contributed by atoms with Crippen LogP contribution < -0.4 is 4.74 Å². The largest absolute Gasteiger partial charge is 0.494 e. The van der Waals surface area contributed by atoms with Gasteiger partial charge in [0.05, 0.1) is 6.61 Å². The Morgan fingerprint density at radius 3 is 1.30 bits per heavy atom. The zero-order chi connectivity index (χ0) is 80.9. The van der Waals surface area contributed by atoms with Gasteiger partial charge in [-0.15, -0.1) is 0 Å². The van der Waals surface area contributed by atoms with E-state index >= 15 is 0 Å². The molecule has 2 N–H and O–H groups in total. The number of unbranched alkanes of at least 4 members (excludes halogenated alkanes) is 1. The lowest BCUT2D eigenvalue weighted by Crippen LogP contribution is -2.13. The summed E-state index contributed by atoms with van der Waals surface area (Å²) in [5, 5.41) is 17.0. The van der Waals surface area contributed by atoms with E-state index in [0.717, 1.165) is 121 Å². The molecule has 0 atom stereocenters. The van der Waals surface area contributed by atoms with E-state index in [1.165, 1.54) is 79.6 Å². The van der Waals surface area contributed by atoms with Gasteiger partial charge in [0, 0.05) is 182 Å². The van der Waals surface area contributed by atoms with Gasteiger partial charge in [0.1, 0.15) is 11.4 Å². The first kappa shape index (κ1) is 92.5. The number of rotatable bonds is 21. The molecule has 11 aromatic heterocycles. The maximum atomic E-state index is 8.50. The van der Waals surface area contributed by atoms with Gasteiger partial charge in [0.2, 0.25) is 0 Å². The lowest BCUT2D eigenvalue weighted by atomic mass is 9.87. The number of benzene rings is 2. The fourth-order valence-electron chi connectivity index (χ4n) is 11.3.